The Hall–Kier alpha value is -0.580. The number of ether oxygens (including phenoxy) is 1. The van der Waals surface area contributed by atoms with Crippen molar-refractivity contribution in [2.75, 3.05) is 31.7 Å². The molecule has 1 aliphatic rings. The molecular weight excluding hydrogens is 328 g/mol. The van der Waals surface area contributed by atoms with E-state index in [9.17, 15) is 0 Å². The van der Waals surface area contributed by atoms with E-state index in [-0.39, 0.29) is 0 Å². The van der Waals surface area contributed by atoms with Crippen molar-refractivity contribution in [2.45, 2.75) is 39.3 Å². The topological polar surface area (TPSA) is 24.5 Å². The molecule has 3 nitrogen and oxygen atoms in total. The predicted molar refractivity (Wildman–Crippen MR) is 92.9 cm³/mol. The zero-order chi connectivity index (χ0) is 15.2. The first-order chi connectivity index (χ1) is 10.1. The first kappa shape index (κ1) is 16.8. The number of benzene rings is 1. The molecule has 2 rings (SSSR count). The van der Waals surface area contributed by atoms with Crippen LogP contribution in [0.25, 0.3) is 0 Å². The second-order valence-electron chi connectivity index (χ2n) is 6.13. The molecule has 0 amide bonds. The van der Waals surface area contributed by atoms with Gasteiger partial charge in [-0.1, -0.05) is 15.9 Å². The Morgan fingerprint density at radius 1 is 1.38 bits per heavy atom. The van der Waals surface area contributed by atoms with E-state index < -0.39 is 0 Å². The Kier molecular flexibility index (Phi) is 6.52. The SMILES string of the molecule is COCCNCc1cc(Br)ccc1N(CC1CC1)C(C)C. The van der Waals surface area contributed by atoms with Crippen LogP contribution >= 0.6 is 15.9 Å². The van der Waals surface area contributed by atoms with Gasteiger partial charge in [0.1, 0.15) is 0 Å². The number of nitrogens with zero attached hydrogens (tertiary/aromatic N) is 1. The van der Waals surface area contributed by atoms with Crippen LogP contribution in [-0.2, 0) is 11.3 Å². The van der Waals surface area contributed by atoms with Crippen molar-refractivity contribution >= 4 is 21.6 Å². The average molecular weight is 355 g/mol. The van der Waals surface area contributed by atoms with E-state index in [4.69, 9.17) is 4.74 Å². The molecule has 0 heterocycles. The Bertz CT molecular complexity index is 446. The molecule has 0 aromatic heterocycles. The Morgan fingerprint density at radius 2 is 2.14 bits per heavy atom. The maximum Gasteiger partial charge on any atom is 0.0587 e. The highest BCUT2D eigenvalue weighted by atomic mass is 79.9. The van der Waals surface area contributed by atoms with Crippen LogP contribution in [0.1, 0.15) is 32.3 Å². The van der Waals surface area contributed by atoms with Crippen LogP contribution in [0.15, 0.2) is 22.7 Å². The van der Waals surface area contributed by atoms with Gasteiger partial charge in [-0.15, -0.1) is 0 Å². The Balaban J connectivity index is 2.11. The highest BCUT2D eigenvalue weighted by Gasteiger charge is 2.26. The van der Waals surface area contributed by atoms with E-state index in [0.29, 0.717) is 6.04 Å². The molecule has 1 N–H and O–H groups in total. The molecular formula is C17H27BrN2O. The molecule has 0 radical (unpaired) electrons. The lowest BCUT2D eigenvalue weighted by atomic mass is 10.1. The number of halogens is 1. The second-order valence-corrected chi connectivity index (χ2v) is 7.05. The van der Waals surface area contributed by atoms with Crippen LogP contribution in [0.4, 0.5) is 5.69 Å². The second kappa shape index (κ2) is 8.16. The van der Waals surface area contributed by atoms with Gasteiger partial charge in [0.2, 0.25) is 0 Å². The molecule has 21 heavy (non-hydrogen) atoms. The maximum absolute atomic E-state index is 5.10. The summed E-state index contributed by atoms with van der Waals surface area (Å²) < 4.78 is 6.24. The van der Waals surface area contributed by atoms with E-state index in [1.54, 1.807) is 7.11 Å². The average Bonchev–Trinajstić information content (AvgIpc) is 3.25. The summed E-state index contributed by atoms with van der Waals surface area (Å²) in [6.45, 7) is 8.27. The first-order valence-electron chi connectivity index (χ1n) is 7.86. The van der Waals surface area contributed by atoms with Crippen molar-refractivity contribution in [2.24, 2.45) is 5.92 Å². The lowest BCUT2D eigenvalue weighted by Gasteiger charge is -2.31. The number of hydrogen-bond acceptors (Lipinski definition) is 3. The smallest absolute Gasteiger partial charge is 0.0587 e. The molecule has 0 unspecified atom stereocenters. The van der Waals surface area contributed by atoms with Crippen molar-refractivity contribution in [3.63, 3.8) is 0 Å². The zero-order valence-corrected chi connectivity index (χ0v) is 14.9. The number of rotatable bonds is 9. The minimum absolute atomic E-state index is 0.532. The summed E-state index contributed by atoms with van der Waals surface area (Å²) >= 11 is 3.60. The Morgan fingerprint density at radius 3 is 2.76 bits per heavy atom. The van der Waals surface area contributed by atoms with Gasteiger partial charge in [0, 0.05) is 42.9 Å². The van der Waals surface area contributed by atoms with Gasteiger partial charge >= 0.3 is 0 Å². The van der Waals surface area contributed by atoms with Gasteiger partial charge < -0.3 is 15.0 Å². The molecule has 0 aliphatic heterocycles. The largest absolute Gasteiger partial charge is 0.383 e. The molecule has 1 aromatic carbocycles. The third-order valence-corrected chi connectivity index (χ3v) is 4.42. The summed E-state index contributed by atoms with van der Waals surface area (Å²) in [4.78, 5) is 2.55. The van der Waals surface area contributed by atoms with Crippen molar-refractivity contribution in [1.29, 1.82) is 0 Å². The van der Waals surface area contributed by atoms with Crippen molar-refractivity contribution in [3.8, 4) is 0 Å². The van der Waals surface area contributed by atoms with E-state index in [0.717, 1.165) is 30.1 Å². The van der Waals surface area contributed by atoms with E-state index in [2.05, 4.69) is 58.2 Å². The van der Waals surface area contributed by atoms with Gasteiger partial charge in [0.15, 0.2) is 0 Å². The minimum Gasteiger partial charge on any atom is -0.383 e. The van der Waals surface area contributed by atoms with Crippen LogP contribution in [0.2, 0.25) is 0 Å². The van der Waals surface area contributed by atoms with Gasteiger partial charge in [0.05, 0.1) is 6.61 Å². The number of methoxy groups -OCH3 is 1. The molecule has 118 valence electrons. The fraction of sp³-hybridized carbons (Fsp3) is 0.647. The van der Waals surface area contributed by atoms with E-state index >= 15 is 0 Å². The molecule has 4 heteroatoms. The highest BCUT2D eigenvalue weighted by Crippen LogP contribution is 2.34. The van der Waals surface area contributed by atoms with Gasteiger partial charge in [-0.05, 0) is 56.4 Å². The molecule has 1 aromatic rings. The van der Waals surface area contributed by atoms with Crippen LogP contribution in [0, 0.1) is 5.92 Å². The maximum atomic E-state index is 5.10. The summed E-state index contributed by atoms with van der Waals surface area (Å²) in [7, 11) is 1.74. The summed E-state index contributed by atoms with van der Waals surface area (Å²) in [5.41, 5.74) is 2.72. The minimum atomic E-state index is 0.532. The van der Waals surface area contributed by atoms with Crippen molar-refractivity contribution in [1.82, 2.24) is 5.32 Å². The summed E-state index contributed by atoms with van der Waals surface area (Å²) in [6, 6.07) is 7.16. The van der Waals surface area contributed by atoms with Crippen LogP contribution in [0.5, 0.6) is 0 Å². The first-order valence-corrected chi connectivity index (χ1v) is 8.66. The van der Waals surface area contributed by atoms with Crippen LogP contribution in [-0.4, -0.2) is 32.8 Å². The van der Waals surface area contributed by atoms with Gasteiger partial charge in [-0.2, -0.15) is 0 Å². The summed E-state index contributed by atoms with van der Waals surface area (Å²) in [5.74, 6) is 0.894. The number of anilines is 1. The summed E-state index contributed by atoms with van der Waals surface area (Å²) in [6.07, 6.45) is 2.78. The normalized spacial score (nSPS) is 14.7. The Labute approximate surface area is 137 Å². The number of nitrogens with one attached hydrogen (secondary N) is 1. The van der Waals surface area contributed by atoms with Gasteiger partial charge in [-0.3, -0.25) is 0 Å². The standard InChI is InChI=1S/C17H27BrN2O/c1-13(2)20(12-14-4-5-14)17-7-6-16(18)10-15(17)11-19-8-9-21-3/h6-7,10,13-14,19H,4-5,8-9,11-12H2,1-3H3. The van der Waals surface area contributed by atoms with E-state index in [1.807, 2.05) is 0 Å². The van der Waals surface area contributed by atoms with Gasteiger partial charge in [0.25, 0.3) is 0 Å². The van der Waals surface area contributed by atoms with Gasteiger partial charge in [-0.25, -0.2) is 0 Å². The molecule has 0 saturated heterocycles. The fourth-order valence-electron chi connectivity index (χ4n) is 2.54. The lowest BCUT2D eigenvalue weighted by Crippen LogP contribution is -2.34. The van der Waals surface area contributed by atoms with Crippen molar-refractivity contribution < 1.29 is 4.74 Å². The molecule has 1 aliphatic carbocycles. The third-order valence-electron chi connectivity index (χ3n) is 3.92. The molecule has 0 spiro atoms. The highest BCUT2D eigenvalue weighted by molar-refractivity contribution is 9.10. The fourth-order valence-corrected chi connectivity index (χ4v) is 2.95. The molecule has 0 atom stereocenters. The molecule has 1 fully saturated rings. The van der Waals surface area contributed by atoms with Crippen LogP contribution in [0.3, 0.4) is 0 Å². The lowest BCUT2D eigenvalue weighted by molar-refractivity contribution is 0.199. The summed E-state index contributed by atoms with van der Waals surface area (Å²) in [5, 5.41) is 3.46. The molecule has 1 saturated carbocycles. The molecule has 0 bridgehead atoms. The third kappa shape index (κ3) is 5.28. The van der Waals surface area contributed by atoms with Crippen molar-refractivity contribution in [3.05, 3.63) is 28.2 Å². The number of hydrogen-bond donors (Lipinski definition) is 1. The zero-order valence-electron chi connectivity index (χ0n) is 13.4. The van der Waals surface area contributed by atoms with E-state index in [1.165, 1.54) is 30.6 Å². The monoisotopic (exact) mass is 354 g/mol. The predicted octanol–water partition coefficient (Wildman–Crippen LogP) is 3.81. The quantitative estimate of drug-likeness (QED) is 0.682. The van der Waals surface area contributed by atoms with Crippen LogP contribution < -0.4 is 10.2 Å².